The predicted molar refractivity (Wildman–Crippen MR) is 99.2 cm³/mol. The smallest absolute Gasteiger partial charge is 0.342 e. The number of halogens is 1. The maximum atomic E-state index is 12.8. The molecule has 0 bridgehead atoms. The quantitative estimate of drug-likeness (QED) is 0.672. The molecule has 1 aromatic carbocycles. The van der Waals surface area contributed by atoms with Crippen molar-refractivity contribution in [2.45, 2.75) is 12.5 Å². The molecular formula is C18H14ClN3O2S. The summed E-state index contributed by atoms with van der Waals surface area (Å²) in [5.41, 5.74) is 1.49. The van der Waals surface area contributed by atoms with Crippen LogP contribution in [-0.4, -0.2) is 16.8 Å². The Labute approximate surface area is 153 Å². The molecule has 25 heavy (non-hydrogen) atoms. The van der Waals surface area contributed by atoms with E-state index in [1.807, 2.05) is 29.6 Å². The molecule has 0 spiro atoms. The summed E-state index contributed by atoms with van der Waals surface area (Å²) < 4.78 is 5.52. The number of furan rings is 1. The highest BCUT2D eigenvalue weighted by molar-refractivity contribution is 7.12. The zero-order valence-electron chi connectivity index (χ0n) is 13.1. The zero-order chi connectivity index (χ0) is 17.2. The maximum Gasteiger partial charge on any atom is 0.342 e. The molecule has 126 valence electrons. The van der Waals surface area contributed by atoms with Gasteiger partial charge in [-0.1, -0.05) is 23.7 Å². The molecule has 1 atom stereocenters. The predicted octanol–water partition coefficient (Wildman–Crippen LogP) is 5.38. The molecule has 0 aliphatic carbocycles. The van der Waals surface area contributed by atoms with E-state index >= 15 is 0 Å². The Kier molecular flexibility index (Phi) is 4.29. The summed E-state index contributed by atoms with van der Waals surface area (Å²) in [5.74, 6) is 0.705. The number of anilines is 1. The minimum atomic E-state index is -0.324. The fourth-order valence-corrected chi connectivity index (χ4v) is 3.65. The normalized spacial score (nSPS) is 16.8. The Morgan fingerprint density at radius 1 is 1.28 bits per heavy atom. The number of rotatable bonds is 3. The van der Waals surface area contributed by atoms with Gasteiger partial charge in [0, 0.05) is 17.1 Å². The highest BCUT2D eigenvalue weighted by Gasteiger charge is 2.35. The first kappa shape index (κ1) is 15.9. The number of hydrogen-bond acceptors (Lipinski definition) is 4. The van der Waals surface area contributed by atoms with Gasteiger partial charge in [-0.15, -0.1) is 11.3 Å². The van der Waals surface area contributed by atoms with Gasteiger partial charge in [0.05, 0.1) is 16.9 Å². The van der Waals surface area contributed by atoms with Gasteiger partial charge in [-0.3, -0.25) is 0 Å². The van der Waals surface area contributed by atoms with Crippen molar-refractivity contribution in [3.05, 3.63) is 75.8 Å². The van der Waals surface area contributed by atoms with Gasteiger partial charge < -0.3 is 9.73 Å². The van der Waals surface area contributed by atoms with E-state index in [2.05, 4.69) is 10.4 Å². The molecule has 1 aliphatic rings. The molecule has 1 N–H and O–H groups in total. The van der Waals surface area contributed by atoms with Crippen molar-refractivity contribution in [3.63, 3.8) is 0 Å². The average Bonchev–Trinajstić information content (AvgIpc) is 3.34. The molecular weight excluding hydrogens is 358 g/mol. The van der Waals surface area contributed by atoms with Gasteiger partial charge in [-0.05, 0) is 41.8 Å². The van der Waals surface area contributed by atoms with Crippen LogP contribution in [0.15, 0.2) is 69.7 Å². The number of nitrogens with one attached hydrogen (secondary N) is 1. The number of carbonyl (C=O) groups excluding carboxylic acids is 1. The van der Waals surface area contributed by atoms with Crippen molar-refractivity contribution in [1.82, 2.24) is 5.01 Å². The second-order valence-corrected chi connectivity index (χ2v) is 6.93. The van der Waals surface area contributed by atoms with Crippen LogP contribution in [0.2, 0.25) is 5.02 Å². The fraction of sp³-hybridized carbons (Fsp3) is 0.111. The summed E-state index contributed by atoms with van der Waals surface area (Å²) in [4.78, 5) is 13.8. The first-order valence-electron chi connectivity index (χ1n) is 7.71. The van der Waals surface area contributed by atoms with E-state index < -0.39 is 0 Å². The number of thiophene rings is 1. The van der Waals surface area contributed by atoms with Crippen LogP contribution in [0.4, 0.5) is 10.5 Å². The van der Waals surface area contributed by atoms with Crippen molar-refractivity contribution in [3.8, 4) is 0 Å². The van der Waals surface area contributed by atoms with Gasteiger partial charge >= 0.3 is 6.03 Å². The first-order chi connectivity index (χ1) is 12.2. The molecule has 1 unspecified atom stereocenters. The average molecular weight is 372 g/mol. The number of amides is 2. The molecule has 0 saturated heterocycles. The van der Waals surface area contributed by atoms with Gasteiger partial charge in [0.25, 0.3) is 0 Å². The largest absolute Gasteiger partial charge is 0.467 e. The van der Waals surface area contributed by atoms with Gasteiger partial charge in [0.15, 0.2) is 0 Å². The lowest BCUT2D eigenvalue weighted by molar-refractivity contribution is 0.192. The molecule has 0 saturated carbocycles. The van der Waals surface area contributed by atoms with Crippen molar-refractivity contribution in [2.24, 2.45) is 5.10 Å². The van der Waals surface area contributed by atoms with E-state index in [0.717, 1.165) is 10.6 Å². The van der Waals surface area contributed by atoms with Crippen LogP contribution < -0.4 is 5.32 Å². The summed E-state index contributed by atoms with van der Waals surface area (Å²) in [6.45, 7) is 0. The van der Waals surface area contributed by atoms with E-state index in [1.54, 1.807) is 41.9 Å². The second-order valence-electron chi connectivity index (χ2n) is 5.54. The topological polar surface area (TPSA) is 57.8 Å². The Morgan fingerprint density at radius 3 is 2.92 bits per heavy atom. The third-order valence-electron chi connectivity index (χ3n) is 3.87. The summed E-state index contributed by atoms with van der Waals surface area (Å²) in [6.07, 6.45) is 2.21. The summed E-state index contributed by atoms with van der Waals surface area (Å²) in [7, 11) is 0. The van der Waals surface area contributed by atoms with Gasteiger partial charge in [0.2, 0.25) is 0 Å². The third kappa shape index (κ3) is 3.31. The van der Waals surface area contributed by atoms with Crippen LogP contribution >= 0.6 is 22.9 Å². The molecule has 4 rings (SSSR count). The molecule has 3 aromatic rings. The lowest BCUT2D eigenvalue weighted by Gasteiger charge is -2.20. The Balaban J connectivity index is 1.62. The van der Waals surface area contributed by atoms with Crippen LogP contribution in [0.25, 0.3) is 0 Å². The van der Waals surface area contributed by atoms with Gasteiger partial charge in [-0.25, -0.2) is 9.80 Å². The Hall–Kier alpha value is -2.57. The molecule has 2 amide bonds. The zero-order valence-corrected chi connectivity index (χ0v) is 14.6. The number of nitrogens with zero attached hydrogens (tertiary/aromatic N) is 2. The van der Waals surface area contributed by atoms with E-state index in [4.69, 9.17) is 16.0 Å². The second kappa shape index (κ2) is 6.74. The van der Waals surface area contributed by atoms with Crippen LogP contribution in [0.3, 0.4) is 0 Å². The minimum absolute atomic E-state index is 0.272. The standard InChI is InChI=1S/C18H14ClN3O2S/c19-12-4-1-5-13(10-12)20-18(23)22-15(16-6-2-8-24-16)11-14(21-22)17-7-3-9-25-17/h1-10,15H,11H2,(H,20,23). The fourth-order valence-electron chi connectivity index (χ4n) is 2.74. The highest BCUT2D eigenvalue weighted by Crippen LogP contribution is 2.34. The Morgan fingerprint density at radius 2 is 2.20 bits per heavy atom. The molecule has 0 fully saturated rings. The van der Waals surface area contributed by atoms with Crippen molar-refractivity contribution in [1.29, 1.82) is 0 Å². The van der Waals surface area contributed by atoms with Crippen LogP contribution in [0.1, 0.15) is 23.1 Å². The number of carbonyl (C=O) groups is 1. The number of hydrogen-bond donors (Lipinski definition) is 1. The molecule has 7 heteroatoms. The lowest BCUT2D eigenvalue weighted by atomic mass is 10.1. The van der Waals surface area contributed by atoms with E-state index in [9.17, 15) is 4.79 Å². The van der Waals surface area contributed by atoms with Crippen molar-refractivity contribution in [2.75, 3.05) is 5.32 Å². The lowest BCUT2D eigenvalue weighted by Crippen LogP contribution is -2.31. The van der Waals surface area contributed by atoms with Crippen LogP contribution in [0.5, 0.6) is 0 Å². The van der Waals surface area contributed by atoms with Crippen LogP contribution in [0, 0.1) is 0 Å². The molecule has 2 aromatic heterocycles. The highest BCUT2D eigenvalue weighted by atomic mass is 35.5. The van der Waals surface area contributed by atoms with Gasteiger partial charge in [-0.2, -0.15) is 5.10 Å². The number of urea groups is 1. The summed E-state index contributed by atoms with van der Waals surface area (Å²) in [5, 5.41) is 11.4. The van der Waals surface area contributed by atoms with Crippen molar-refractivity contribution < 1.29 is 9.21 Å². The van der Waals surface area contributed by atoms with Gasteiger partial charge in [0.1, 0.15) is 11.8 Å². The first-order valence-corrected chi connectivity index (χ1v) is 8.97. The SMILES string of the molecule is O=C(Nc1cccc(Cl)c1)N1N=C(c2cccs2)CC1c1ccco1. The summed E-state index contributed by atoms with van der Waals surface area (Å²) in [6, 6.07) is 14.1. The number of benzene rings is 1. The van der Waals surface area contributed by atoms with Crippen LogP contribution in [-0.2, 0) is 0 Å². The Bertz CT molecular complexity index is 906. The van der Waals surface area contributed by atoms with E-state index in [-0.39, 0.29) is 12.1 Å². The molecule has 3 heterocycles. The molecule has 0 radical (unpaired) electrons. The van der Waals surface area contributed by atoms with E-state index in [1.165, 1.54) is 5.01 Å². The number of hydrazone groups is 1. The summed E-state index contributed by atoms with van der Waals surface area (Å²) >= 11 is 7.58. The minimum Gasteiger partial charge on any atom is -0.467 e. The molecule has 1 aliphatic heterocycles. The monoisotopic (exact) mass is 371 g/mol. The van der Waals surface area contributed by atoms with Crippen molar-refractivity contribution >= 4 is 40.4 Å². The van der Waals surface area contributed by atoms with E-state index in [0.29, 0.717) is 22.9 Å². The maximum absolute atomic E-state index is 12.8. The third-order valence-corrected chi connectivity index (χ3v) is 5.03. The molecule has 5 nitrogen and oxygen atoms in total.